The summed E-state index contributed by atoms with van der Waals surface area (Å²) in [7, 11) is 1.37. The van der Waals surface area contributed by atoms with Crippen molar-refractivity contribution in [1.29, 1.82) is 5.26 Å². The summed E-state index contributed by atoms with van der Waals surface area (Å²) in [4.78, 5) is 51.4. The van der Waals surface area contributed by atoms with Gasteiger partial charge in [0.15, 0.2) is 11.5 Å². The van der Waals surface area contributed by atoms with E-state index in [1.807, 2.05) is 0 Å². The zero-order chi connectivity index (χ0) is 26.5. The molecule has 0 aliphatic carbocycles. The zero-order valence-corrected chi connectivity index (χ0v) is 19.9. The maximum Gasteiger partial charge on any atom is 0.348 e. The Bertz CT molecular complexity index is 1470. The van der Waals surface area contributed by atoms with Gasteiger partial charge in [0.05, 0.1) is 36.1 Å². The minimum atomic E-state index is -0.752. The fourth-order valence-electron chi connectivity index (χ4n) is 3.73. The highest BCUT2D eigenvalue weighted by atomic mass is 16.6. The van der Waals surface area contributed by atoms with Crippen molar-refractivity contribution >= 4 is 35.5 Å². The summed E-state index contributed by atoms with van der Waals surface area (Å²) in [6.07, 6.45) is 1.33. The first-order valence-corrected chi connectivity index (χ1v) is 11.1. The van der Waals surface area contributed by atoms with E-state index in [2.05, 4.69) is 0 Å². The fraction of sp³-hybridized carbons (Fsp3) is 0.107. The van der Waals surface area contributed by atoms with Crippen LogP contribution in [0.15, 0.2) is 72.3 Å². The van der Waals surface area contributed by atoms with E-state index in [1.165, 1.54) is 43.5 Å². The lowest BCUT2D eigenvalue weighted by Crippen LogP contribution is -2.29. The average Bonchev–Trinajstić information content (AvgIpc) is 3.17. The Morgan fingerprint density at radius 3 is 2.27 bits per heavy atom. The van der Waals surface area contributed by atoms with E-state index in [9.17, 15) is 24.4 Å². The van der Waals surface area contributed by atoms with Gasteiger partial charge in [-0.15, -0.1) is 0 Å². The molecule has 0 spiro atoms. The van der Waals surface area contributed by atoms with Crippen LogP contribution in [0.2, 0.25) is 0 Å². The van der Waals surface area contributed by atoms with Crippen molar-refractivity contribution < 1.29 is 33.4 Å². The third-order valence-corrected chi connectivity index (χ3v) is 5.45. The summed E-state index contributed by atoms with van der Waals surface area (Å²) >= 11 is 0. The molecule has 3 aromatic rings. The van der Waals surface area contributed by atoms with E-state index >= 15 is 0 Å². The third kappa shape index (κ3) is 4.94. The van der Waals surface area contributed by atoms with Gasteiger partial charge in [-0.2, -0.15) is 5.26 Å². The SMILES string of the molecule is CCOC(=O)/C(C#N)=C/c1ccc(OC(=O)c2cccc(N3C(=O)c4ccccc4C3=O)c2)c(OC)c1. The number of esters is 2. The van der Waals surface area contributed by atoms with Crippen LogP contribution in [0.4, 0.5) is 5.69 Å². The molecule has 0 aromatic heterocycles. The van der Waals surface area contributed by atoms with E-state index in [1.54, 1.807) is 49.4 Å². The molecule has 4 rings (SSSR count). The van der Waals surface area contributed by atoms with Gasteiger partial charge in [0.25, 0.3) is 11.8 Å². The number of imide groups is 1. The predicted octanol–water partition coefficient (Wildman–Crippen LogP) is 4.19. The molecule has 9 heteroatoms. The Kier molecular flexibility index (Phi) is 7.11. The molecule has 0 unspecified atom stereocenters. The van der Waals surface area contributed by atoms with Gasteiger partial charge in [0.1, 0.15) is 11.6 Å². The first-order valence-electron chi connectivity index (χ1n) is 11.1. The van der Waals surface area contributed by atoms with Gasteiger partial charge in [-0.05, 0) is 61.0 Å². The molecule has 3 aromatic carbocycles. The Hall–Kier alpha value is -5.23. The van der Waals surface area contributed by atoms with Crippen molar-refractivity contribution in [3.8, 4) is 17.6 Å². The molecular formula is C28H20N2O7. The molecule has 1 aliphatic rings. The molecule has 0 radical (unpaired) electrons. The Morgan fingerprint density at radius 2 is 1.65 bits per heavy atom. The highest BCUT2D eigenvalue weighted by molar-refractivity contribution is 6.34. The summed E-state index contributed by atoms with van der Waals surface area (Å²) in [5.74, 6) is -2.18. The number of methoxy groups -OCH3 is 1. The highest BCUT2D eigenvalue weighted by Gasteiger charge is 2.36. The predicted molar refractivity (Wildman–Crippen MR) is 132 cm³/mol. The second-order valence-electron chi connectivity index (χ2n) is 7.73. The van der Waals surface area contributed by atoms with Gasteiger partial charge in [0, 0.05) is 0 Å². The van der Waals surface area contributed by atoms with Gasteiger partial charge in [-0.1, -0.05) is 24.3 Å². The number of hydrogen-bond donors (Lipinski definition) is 0. The number of amides is 2. The number of nitrogens with zero attached hydrogens (tertiary/aromatic N) is 2. The molecule has 0 bridgehead atoms. The van der Waals surface area contributed by atoms with Crippen LogP contribution in [0.25, 0.3) is 6.08 Å². The monoisotopic (exact) mass is 496 g/mol. The van der Waals surface area contributed by atoms with Gasteiger partial charge < -0.3 is 14.2 Å². The molecule has 0 saturated carbocycles. The molecule has 1 heterocycles. The number of benzene rings is 3. The lowest BCUT2D eigenvalue weighted by molar-refractivity contribution is -0.137. The van der Waals surface area contributed by atoms with Crippen molar-refractivity contribution in [3.05, 3.63) is 94.6 Å². The Morgan fingerprint density at radius 1 is 0.946 bits per heavy atom. The van der Waals surface area contributed by atoms with E-state index in [-0.39, 0.29) is 34.9 Å². The summed E-state index contributed by atoms with van der Waals surface area (Å²) in [5.41, 5.74) is 1.18. The lowest BCUT2D eigenvalue weighted by Gasteiger charge is -2.15. The van der Waals surface area contributed by atoms with Crippen LogP contribution in [0.1, 0.15) is 43.6 Å². The summed E-state index contributed by atoms with van der Waals surface area (Å²) in [6, 6.07) is 18.8. The minimum absolute atomic E-state index is 0.0884. The molecule has 0 atom stereocenters. The molecule has 1 aliphatic heterocycles. The van der Waals surface area contributed by atoms with E-state index in [4.69, 9.17) is 14.2 Å². The van der Waals surface area contributed by atoms with Crippen molar-refractivity contribution in [2.45, 2.75) is 6.92 Å². The van der Waals surface area contributed by atoms with Gasteiger partial charge in [-0.3, -0.25) is 9.59 Å². The van der Waals surface area contributed by atoms with Crippen molar-refractivity contribution in [2.75, 3.05) is 18.6 Å². The maximum absolute atomic E-state index is 12.9. The van der Waals surface area contributed by atoms with Crippen LogP contribution < -0.4 is 14.4 Å². The highest BCUT2D eigenvalue weighted by Crippen LogP contribution is 2.31. The van der Waals surface area contributed by atoms with Crippen molar-refractivity contribution in [1.82, 2.24) is 0 Å². The first kappa shape index (κ1) is 24.9. The minimum Gasteiger partial charge on any atom is -0.493 e. The number of hydrogen-bond acceptors (Lipinski definition) is 8. The van der Waals surface area contributed by atoms with E-state index < -0.39 is 23.8 Å². The second-order valence-corrected chi connectivity index (χ2v) is 7.73. The molecule has 9 nitrogen and oxygen atoms in total. The van der Waals surface area contributed by atoms with Crippen LogP contribution in [-0.4, -0.2) is 37.5 Å². The molecular weight excluding hydrogens is 476 g/mol. The number of carbonyl (C=O) groups is 4. The third-order valence-electron chi connectivity index (χ3n) is 5.45. The maximum atomic E-state index is 12.9. The van der Waals surface area contributed by atoms with Gasteiger partial charge in [0.2, 0.25) is 0 Å². The first-order chi connectivity index (χ1) is 17.9. The Labute approximate surface area is 212 Å². The van der Waals surface area contributed by atoms with Gasteiger partial charge in [-0.25, -0.2) is 14.5 Å². The summed E-state index contributed by atoms with van der Waals surface area (Å²) in [5, 5.41) is 9.23. The van der Waals surface area contributed by atoms with Crippen LogP contribution in [0.5, 0.6) is 11.5 Å². The fourth-order valence-corrected chi connectivity index (χ4v) is 3.73. The number of carbonyl (C=O) groups excluding carboxylic acids is 4. The van der Waals surface area contributed by atoms with Crippen LogP contribution in [-0.2, 0) is 9.53 Å². The molecule has 0 fully saturated rings. The number of ether oxygens (including phenoxy) is 3. The van der Waals surface area contributed by atoms with Crippen LogP contribution in [0.3, 0.4) is 0 Å². The number of anilines is 1. The second kappa shape index (κ2) is 10.6. The molecule has 37 heavy (non-hydrogen) atoms. The quantitative estimate of drug-likeness (QED) is 0.157. The number of fused-ring (bicyclic) bond motifs is 1. The Balaban J connectivity index is 1.56. The van der Waals surface area contributed by atoms with Crippen LogP contribution in [0, 0.1) is 11.3 Å². The van der Waals surface area contributed by atoms with E-state index in [0.29, 0.717) is 16.7 Å². The lowest BCUT2D eigenvalue weighted by atomic mass is 10.1. The molecule has 0 N–H and O–H groups in total. The number of nitriles is 1. The van der Waals surface area contributed by atoms with E-state index in [0.717, 1.165) is 4.90 Å². The number of rotatable bonds is 7. The van der Waals surface area contributed by atoms with Crippen LogP contribution >= 0.6 is 0 Å². The summed E-state index contributed by atoms with van der Waals surface area (Å²) in [6.45, 7) is 1.76. The standard InChI is InChI=1S/C28H20N2O7/c1-3-36-27(33)19(16-29)13-17-11-12-23(24(14-17)35-2)37-28(34)18-7-6-8-20(15-18)30-25(31)21-9-4-5-10-22(21)26(30)32/h4-15H,3H2,1-2H3/b19-13+. The average molecular weight is 496 g/mol. The topological polar surface area (TPSA) is 123 Å². The van der Waals surface area contributed by atoms with Crippen molar-refractivity contribution in [2.24, 2.45) is 0 Å². The largest absolute Gasteiger partial charge is 0.493 e. The molecule has 184 valence electrons. The van der Waals surface area contributed by atoms with Crippen molar-refractivity contribution in [3.63, 3.8) is 0 Å². The smallest absolute Gasteiger partial charge is 0.348 e. The summed E-state index contributed by atoms with van der Waals surface area (Å²) < 4.78 is 15.7. The zero-order valence-electron chi connectivity index (χ0n) is 19.9. The van der Waals surface area contributed by atoms with Gasteiger partial charge >= 0.3 is 11.9 Å². The molecule has 0 saturated heterocycles. The molecule has 2 amide bonds. The normalized spacial score (nSPS) is 12.6.